The fourth-order valence-electron chi connectivity index (χ4n) is 3.85. The number of aliphatic hydroxyl groups is 1. The van der Waals surface area contributed by atoms with Gasteiger partial charge in [0.15, 0.2) is 0 Å². The van der Waals surface area contributed by atoms with E-state index in [0.29, 0.717) is 30.0 Å². The van der Waals surface area contributed by atoms with Crippen molar-refractivity contribution in [3.8, 4) is 11.5 Å². The third kappa shape index (κ3) is 4.26. The third-order valence-corrected chi connectivity index (χ3v) is 5.39. The van der Waals surface area contributed by atoms with Crippen LogP contribution in [0.3, 0.4) is 0 Å². The van der Waals surface area contributed by atoms with Crippen LogP contribution in [-0.4, -0.2) is 42.5 Å². The van der Waals surface area contributed by atoms with Crippen LogP contribution in [0.4, 0.5) is 4.39 Å². The molecule has 1 unspecified atom stereocenters. The fourth-order valence-corrected chi connectivity index (χ4v) is 3.85. The van der Waals surface area contributed by atoms with Crippen LogP contribution in [0.5, 0.6) is 11.5 Å². The second-order valence-corrected chi connectivity index (χ2v) is 7.29. The maximum Gasteiger partial charge on any atom is 0.295 e. The summed E-state index contributed by atoms with van der Waals surface area (Å²) in [6.45, 7) is 2.39. The Balaban J connectivity index is 2.21. The van der Waals surface area contributed by atoms with E-state index in [2.05, 4.69) is 0 Å². The Kier molecular flexibility index (Phi) is 6.95. The quantitative estimate of drug-likeness (QED) is 0.291. The summed E-state index contributed by atoms with van der Waals surface area (Å²) in [6.07, 6.45) is 2.54. The molecule has 1 aliphatic rings. The minimum Gasteiger partial charge on any atom is -0.506 e. The van der Waals surface area contributed by atoms with Crippen molar-refractivity contribution in [2.75, 3.05) is 20.8 Å². The van der Waals surface area contributed by atoms with Crippen molar-refractivity contribution in [1.82, 2.24) is 4.90 Å². The molecule has 1 N–H and O–H groups in total. The summed E-state index contributed by atoms with van der Waals surface area (Å²) in [6, 6.07) is 9.68. The van der Waals surface area contributed by atoms with Crippen molar-refractivity contribution in [1.29, 1.82) is 0 Å². The van der Waals surface area contributed by atoms with Crippen LogP contribution in [0.1, 0.15) is 43.4 Å². The number of carbonyl (C=O) groups is 2. The molecule has 1 aliphatic heterocycles. The summed E-state index contributed by atoms with van der Waals surface area (Å²) >= 11 is 0. The summed E-state index contributed by atoms with van der Waals surface area (Å²) in [5.74, 6) is -1.71. The highest BCUT2D eigenvalue weighted by Crippen LogP contribution is 2.43. The van der Waals surface area contributed by atoms with Gasteiger partial charge in [-0.2, -0.15) is 0 Å². The molecule has 31 heavy (non-hydrogen) atoms. The number of hydrogen-bond donors (Lipinski definition) is 1. The largest absolute Gasteiger partial charge is 0.506 e. The van der Waals surface area contributed by atoms with Crippen LogP contribution in [0.2, 0.25) is 0 Å². The lowest BCUT2D eigenvalue weighted by Gasteiger charge is -2.25. The summed E-state index contributed by atoms with van der Waals surface area (Å²) in [5, 5.41) is 11.3. The number of halogens is 1. The molecule has 1 atom stereocenters. The number of aliphatic hydroxyl groups excluding tert-OH is 1. The normalized spacial score (nSPS) is 17.8. The fraction of sp³-hybridized carbons (Fsp3) is 0.333. The molecular formula is C24H26FNO5. The number of likely N-dealkylation sites (tertiary alicyclic amines) is 1. The number of benzene rings is 2. The maximum atomic E-state index is 13.5. The molecule has 0 aromatic heterocycles. The Bertz CT molecular complexity index is 977. The van der Waals surface area contributed by atoms with Gasteiger partial charge in [-0.05, 0) is 36.2 Å². The van der Waals surface area contributed by atoms with Crippen molar-refractivity contribution < 1.29 is 28.6 Å². The zero-order valence-electron chi connectivity index (χ0n) is 17.9. The number of Topliss-reactive ketones (excluding diaryl/α,β-unsaturated/α-hetero) is 1. The van der Waals surface area contributed by atoms with E-state index in [1.54, 1.807) is 18.2 Å². The van der Waals surface area contributed by atoms with Crippen molar-refractivity contribution in [2.45, 2.75) is 32.2 Å². The van der Waals surface area contributed by atoms with Gasteiger partial charge in [-0.3, -0.25) is 9.59 Å². The Morgan fingerprint density at radius 2 is 1.65 bits per heavy atom. The number of ether oxygens (including phenoxy) is 2. The minimum atomic E-state index is -0.841. The van der Waals surface area contributed by atoms with E-state index in [1.165, 1.54) is 43.4 Å². The summed E-state index contributed by atoms with van der Waals surface area (Å²) in [4.78, 5) is 27.4. The van der Waals surface area contributed by atoms with Crippen LogP contribution in [-0.2, 0) is 9.59 Å². The predicted molar refractivity (Wildman–Crippen MR) is 114 cm³/mol. The first kappa shape index (κ1) is 22.3. The van der Waals surface area contributed by atoms with E-state index in [4.69, 9.17) is 9.47 Å². The standard InChI is InChI=1S/C24H26FNO5/c1-4-5-6-14-26-21(15-10-12-16(25)13-11-15)20(23(28)24(26)29)22(27)19-17(30-2)8-7-9-18(19)31-3/h7-13,21,27H,4-6,14H2,1-3H3/b22-20+. The zero-order valence-corrected chi connectivity index (χ0v) is 17.9. The molecule has 1 fully saturated rings. The molecule has 0 aliphatic carbocycles. The highest BCUT2D eigenvalue weighted by molar-refractivity contribution is 6.46. The van der Waals surface area contributed by atoms with E-state index in [-0.39, 0.29) is 16.9 Å². The number of amides is 1. The van der Waals surface area contributed by atoms with Gasteiger partial charge in [0.2, 0.25) is 0 Å². The van der Waals surface area contributed by atoms with E-state index in [9.17, 15) is 19.1 Å². The molecule has 1 heterocycles. The lowest BCUT2D eigenvalue weighted by Crippen LogP contribution is -2.30. The second kappa shape index (κ2) is 9.64. The van der Waals surface area contributed by atoms with Gasteiger partial charge >= 0.3 is 0 Å². The maximum absolute atomic E-state index is 13.5. The number of unbranched alkanes of at least 4 members (excludes halogenated alkanes) is 2. The number of ketones is 1. The van der Waals surface area contributed by atoms with E-state index >= 15 is 0 Å². The van der Waals surface area contributed by atoms with E-state index in [1.807, 2.05) is 6.92 Å². The molecule has 0 spiro atoms. The van der Waals surface area contributed by atoms with Crippen molar-refractivity contribution in [3.05, 3.63) is 65.0 Å². The Labute approximate surface area is 180 Å². The molecule has 3 rings (SSSR count). The molecule has 7 heteroatoms. The van der Waals surface area contributed by atoms with Crippen LogP contribution in [0.15, 0.2) is 48.0 Å². The highest BCUT2D eigenvalue weighted by Gasteiger charge is 2.46. The Hall–Kier alpha value is -3.35. The highest BCUT2D eigenvalue weighted by atomic mass is 19.1. The lowest BCUT2D eigenvalue weighted by atomic mass is 9.94. The first-order valence-corrected chi connectivity index (χ1v) is 10.2. The molecule has 1 saturated heterocycles. The smallest absolute Gasteiger partial charge is 0.295 e. The van der Waals surface area contributed by atoms with Gasteiger partial charge in [0.1, 0.15) is 28.6 Å². The monoisotopic (exact) mass is 427 g/mol. The van der Waals surface area contributed by atoms with Crippen molar-refractivity contribution in [2.24, 2.45) is 0 Å². The molecular weight excluding hydrogens is 401 g/mol. The van der Waals surface area contributed by atoms with Gasteiger partial charge < -0.3 is 19.5 Å². The van der Waals surface area contributed by atoms with Gasteiger partial charge in [0.05, 0.1) is 25.8 Å². The molecule has 0 bridgehead atoms. The number of rotatable bonds is 8. The van der Waals surface area contributed by atoms with Gasteiger partial charge in [-0.15, -0.1) is 0 Å². The average molecular weight is 427 g/mol. The van der Waals surface area contributed by atoms with E-state index in [0.717, 1.165) is 12.8 Å². The van der Waals surface area contributed by atoms with E-state index < -0.39 is 23.5 Å². The van der Waals surface area contributed by atoms with Crippen molar-refractivity contribution >= 4 is 17.4 Å². The Morgan fingerprint density at radius 1 is 1.03 bits per heavy atom. The summed E-state index contributed by atoms with van der Waals surface area (Å²) < 4.78 is 24.3. The first-order chi connectivity index (χ1) is 14.9. The summed E-state index contributed by atoms with van der Waals surface area (Å²) in [7, 11) is 2.87. The average Bonchev–Trinajstić information content (AvgIpc) is 3.03. The number of nitrogens with zero attached hydrogens (tertiary/aromatic N) is 1. The lowest BCUT2D eigenvalue weighted by molar-refractivity contribution is -0.139. The SMILES string of the molecule is CCCCCN1C(=O)C(=O)/C(=C(/O)c2c(OC)cccc2OC)C1c1ccc(F)cc1. The molecule has 2 aromatic carbocycles. The number of carbonyl (C=O) groups excluding carboxylic acids is 2. The third-order valence-electron chi connectivity index (χ3n) is 5.39. The second-order valence-electron chi connectivity index (χ2n) is 7.29. The molecule has 6 nitrogen and oxygen atoms in total. The number of methoxy groups -OCH3 is 2. The van der Waals surface area contributed by atoms with Crippen LogP contribution >= 0.6 is 0 Å². The van der Waals surface area contributed by atoms with Crippen LogP contribution in [0, 0.1) is 5.82 Å². The molecule has 1 amide bonds. The molecule has 0 radical (unpaired) electrons. The van der Waals surface area contributed by atoms with Gasteiger partial charge in [-0.1, -0.05) is 38.0 Å². The molecule has 164 valence electrons. The first-order valence-electron chi connectivity index (χ1n) is 10.2. The summed E-state index contributed by atoms with van der Waals surface area (Å²) in [5.41, 5.74) is 0.648. The van der Waals surface area contributed by atoms with Crippen LogP contribution < -0.4 is 9.47 Å². The number of hydrogen-bond acceptors (Lipinski definition) is 5. The predicted octanol–water partition coefficient (Wildman–Crippen LogP) is 4.45. The van der Waals surface area contributed by atoms with Gasteiger partial charge in [0, 0.05) is 6.54 Å². The van der Waals surface area contributed by atoms with Crippen LogP contribution in [0.25, 0.3) is 5.76 Å². The minimum absolute atomic E-state index is 0.0732. The van der Waals surface area contributed by atoms with Crippen molar-refractivity contribution in [3.63, 3.8) is 0 Å². The topological polar surface area (TPSA) is 76.1 Å². The zero-order chi connectivity index (χ0) is 22.5. The molecule has 2 aromatic rings. The Morgan fingerprint density at radius 3 is 2.19 bits per heavy atom. The van der Waals surface area contributed by atoms with Gasteiger partial charge in [0.25, 0.3) is 11.7 Å². The van der Waals surface area contributed by atoms with Gasteiger partial charge in [-0.25, -0.2) is 4.39 Å². The molecule has 0 saturated carbocycles.